The molecule has 0 fully saturated rings. The molecule has 5 nitrogen and oxygen atoms in total. The van der Waals surface area contributed by atoms with Crippen molar-refractivity contribution in [1.29, 1.82) is 0 Å². The van der Waals surface area contributed by atoms with Gasteiger partial charge in [-0.15, -0.1) is 0 Å². The lowest BCUT2D eigenvalue weighted by atomic mass is 10.2. The van der Waals surface area contributed by atoms with E-state index >= 15 is 0 Å². The van der Waals surface area contributed by atoms with E-state index in [1.165, 1.54) is 11.8 Å². The SMILES string of the molecule is CC(=O)N(CCNS(=O)(=O)c1cccc(C)c1)c1ccc(Cl)cc1C. The van der Waals surface area contributed by atoms with Gasteiger partial charge in [-0.1, -0.05) is 23.7 Å². The number of halogens is 1. The average Bonchev–Trinajstić information content (AvgIpc) is 2.52. The number of benzene rings is 2. The highest BCUT2D eigenvalue weighted by Crippen LogP contribution is 2.23. The Morgan fingerprint density at radius 1 is 1.16 bits per heavy atom. The third-order valence-electron chi connectivity index (χ3n) is 3.76. The van der Waals surface area contributed by atoms with Crippen molar-refractivity contribution in [3.8, 4) is 0 Å². The number of hydrogen-bond donors (Lipinski definition) is 1. The summed E-state index contributed by atoms with van der Waals surface area (Å²) in [6.45, 7) is 5.47. The van der Waals surface area contributed by atoms with E-state index in [0.717, 1.165) is 11.1 Å². The molecule has 2 aromatic carbocycles. The van der Waals surface area contributed by atoms with Crippen LogP contribution in [0, 0.1) is 13.8 Å². The molecular formula is C18H21ClN2O3S. The predicted octanol–water partition coefficient (Wildman–Crippen LogP) is 3.29. The number of rotatable bonds is 6. The number of carbonyl (C=O) groups is 1. The molecule has 0 aliphatic rings. The molecule has 1 amide bonds. The molecule has 0 saturated heterocycles. The fraction of sp³-hybridized carbons (Fsp3) is 0.278. The molecule has 0 radical (unpaired) electrons. The van der Waals surface area contributed by atoms with E-state index in [1.807, 2.05) is 19.9 Å². The summed E-state index contributed by atoms with van der Waals surface area (Å²) in [5.41, 5.74) is 2.43. The number of anilines is 1. The van der Waals surface area contributed by atoms with Crippen LogP contribution in [0.2, 0.25) is 5.02 Å². The van der Waals surface area contributed by atoms with Crippen LogP contribution in [0.5, 0.6) is 0 Å². The Morgan fingerprint density at radius 3 is 2.48 bits per heavy atom. The first-order valence-corrected chi connectivity index (χ1v) is 9.67. The van der Waals surface area contributed by atoms with Crippen molar-refractivity contribution in [2.45, 2.75) is 25.7 Å². The quantitative estimate of drug-likeness (QED) is 0.836. The predicted molar refractivity (Wildman–Crippen MR) is 101 cm³/mol. The van der Waals surface area contributed by atoms with Crippen LogP contribution < -0.4 is 9.62 Å². The maximum atomic E-state index is 12.4. The second kappa shape index (κ2) is 7.99. The van der Waals surface area contributed by atoms with Gasteiger partial charge in [0, 0.05) is 30.7 Å². The Hall–Kier alpha value is -1.89. The molecule has 0 unspecified atom stereocenters. The normalized spacial score (nSPS) is 11.4. The minimum Gasteiger partial charge on any atom is -0.311 e. The maximum Gasteiger partial charge on any atom is 0.240 e. The van der Waals surface area contributed by atoms with Crippen LogP contribution in [-0.2, 0) is 14.8 Å². The zero-order chi connectivity index (χ0) is 18.6. The lowest BCUT2D eigenvalue weighted by Gasteiger charge is -2.23. The first kappa shape index (κ1) is 19.4. The molecule has 0 aliphatic carbocycles. The summed E-state index contributed by atoms with van der Waals surface area (Å²) in [6, 6.07) is 11.9. The molecular weight excluding hydrogens is 360 g/mol. The van der Waals surface area contributed by atoms with Crippen molar-refractivity contribution >= 4 is 33.2 Å². The van der Waals surface area contributed by atoms with Gasteiger partial charge in [0.2, 0.25) is 15.9 Å². The van der Waals surface area contributed by atoms with Crippen LogP contribution in [0.25, 0.3) is 0 Å². The molecule has 0 aromatic heterocycles. The molecule has 0 aliphatic heterocycles. The summed E-state index contributed by atoms with van der Waals surface area (Å²) in [6.07, 6.45) is 0. The second-order valence-electron chi connectivity index (χ2n) is 5.82. The van der Waals surface area contributed by atoms with Gasteiger partial charge in [0.05, 0.1) is 4.90 Å². The lowest BCUT2D eigenvalue weighted by Crippen LogP contribution is -2.37. The first-order chi connectivity index (χ1) is 11.7. The minimum absolute atomic E-state index is 0.109. The van der Waals surface area contributed by atoms with Crippen molar-refractivity contribution < 1.29 is 13.2 Å². The average molecular weight is 381 g/mol. The molecule has 2 aromatic rings. The Morgan fingerprint density at radius 2 is 1.88 bits per heavy atom. The van der Waals surface area contributed by atoms with Gasteiger partial charge in [0.15, 0.2) is 0 Å². The lowest BCUT2D eigenvalue weighted by molar-refractivity contribution is -0.116. The van der Waals surface area contributed by atoms with Gasteiger partial charge in [-0.3, -0.25) is 4.79 Å². The molecule has 134 valence electrons. The molecule has 2 rings (SSSR count). The van der Waals surface area contributed by atoms with Crippen molar-refractivity contribution in [1.82, 2.24) is 4.72 Å². The maximum absolute atomic E-state index is 12.4. The van der Waals surface area contributed by atoms with Crippen molar-refractivity contribution in [2.24, 2.45) is 0 Å². The topological polar surface area (TPSA) is 66.5 Å². The highest BCUT2D eigenvalue weighted by Gasteiger charge is 2.17. The molecule has 7 heteroatoms. The Bertz CT molecular complexity index is 882. The number of hydrogen-bond acceptors (Lipinski definition) is 3. The molecule has 0 saturated carbocycles. The number of aryl methyl sites for hydroxylation is 2. The highest BCUT2D eigenvalue weighted by atomic mass is 35.5. The molecule has 1 N–H and O–H groups in total. The minimum atomic E-state index is -3.61. The number of sulfonamides is 1. The third-order valence-corrected chi connectivity index (χ3v) is 5.45. The Kier molecular flexibility index (Phi) is 6.21. The second-order valence-corrected chi connectivity index (χ2v) is 8.02. The van der Waals surface area contributed by atoms with E-state index in [1.54, 1.807) is 36.4 Å². The van der Waals surface area contributed by atoms with E-state index < -0.39 is 10.0 Å². The Labute approximate surface area is 153 Å². The molecule has 0 bridgehead atoms. The summed E-state index contributed by atoms with van der Waals surface area (Å²) in [7, 11) is -3.61. The van der Waals surface area contributed by atoms with Gasteiger partial charge < -0.3 is 4.90 Å². The summed E-state index contributed by atoms with van der Waals surface area (Å²) in [5.74, 6) is -0.167. The zero-order valence-electron chi connectivity index (χ0n) is 14.4. The van der Waals surface area contributed by atoms with Gasteiger partial charge in [-0.2, -0.15) is 0 Å². The standard InChI is InChI=1S/C18H21ClN2O3S/c1-13-5-4-6-17(11-13)25(23,24)20-9-10-21(15(3)22)18-8-7-16(19)12-14(18)2/h4-8,11-12,20H,9-10H2,1-3H3. The summed E-state index contributed by atoms with van der Waals surface area (Å²) < 4.78 is 27.2. The summed E-state index contributed by atoms with van der Waals surface area (Å²) in [4.78, 5) is 13.7. The number of amides is 1. The fourth-order valence-electron chi connectivity index (χ4n) is 2.53. The van der Waals surface area contributed by atoms with Gasteiger partial charge >= 0.3 is 0 Å². The molecule has 0 atom stereocenters. The molecule has 25 heavy (non-hydrogen) atoms. The van der Waals surface area contributed by atoms with Gasteiger partial charge in [-0.25, -0.2) is 13.1 Å². The van der Waals surface area contributed by atoms with E-state index in [0.29, 0.717) is 10.7 Å². The van der Waals surface area contributed by atoms with Gasteiger partial charge in [0.25, 0.3) is 0 Å². The van der Waals surface area contributed by atoms with Crippen LogP contribution in [0.3, 0.4) is 0 Å². The molecule has 0 spiro atoms. The van der Waals surface area contributed by atoms with E-state index in [9.17, 15) is 13.2 Å². The van der Waals surface area contributed by atoms with Crippen molar-refractivity contribution in [3.05, 3.63) is 58.6 Å². The number of nitrogens with one attached hydrogen (secondary N) is 1. The first-order valence-electron chi connectivity index (χ1n) is 7.81. The smallest absolute Gasteiger partial charge is 0.240 e. The summed E-state index contributed by atoms with van der Waals surface area (Å²) in [5, 5.41) is 0.588. The number of carbonyl (C=O) groups excluding carboxylic acids is 1. The van der Waals surface area contributed by atoms with Gasteiger partial charge in [0.1, 0.15) is 0 Å². The Balaban J connectivity index is 2.11. The van der Waals surface area contributed by atoms with Gasteiger partial charge in [-0.05, 0) is 55.3 Å². The highest BCUT2D eigenvalue weighted by molar-refractivity contribution is 7.89. The largest absolute Gasteiger partial charge is 0.311 e. The summed E-state index contributed by atoms with van der Waals surface area (Å²) >= 11 is 5.95. The third kappa shape index (κ3) is 5.04. The van der Waals surface area contributed by atoms with Crippen LogP contribution in [0.15, 0.2) is 47.4 Å². The van der Waals surface area contributed by atoms with Crippen LogP contribution in [0.4, 0.5) is 5.69 Å². The van der Waals surface area contributed by atoms with Crippen LogP contribution >= 0.6 is 11.6 Å². The van der Waals surface area contributed by atoms with Crippen LogP contribution in [-0.4, -0.2) is 27.4 Å². The van der Waals surface area contributed by atoms with Crippen molar-refractivity contribution in [2.75, 3.05) is 18.0 Å². The van der Waals surface area contributed by atoms with E-state index in [2.05, 4.69) is 4.72 Å². The van der Waals surface area contributed by atoms with E-state index in [-0.39, 0.29) is 23.9 Å². The zero-order valence-corrected chi connectivity index (χ0v) is 16.0. The fourth-order valence-corrected chi connectivity index (χ4v) is 3.88. The van der Waals surface area contributed by atoms with Crippen LogP contribution in [0.1, 0.15) is 18.1 Å². The van der Waals surface area contributed by atoms with Crippen molar-refractivity contribution in [3.63, 3.8) is 0 Å². The monoisotopic (exact) mass is 380 g/mol. The number of nitrogens with zero attached hydrogens (tertiary/aromatic N) is 1. The van der Waals surface area contributed by atoms with E-state index in [4.69, 9.17) is 11.6 Å². The molecule has 0 heterocycles.